The van der Waals surface area contributed by atoms with Crippen molar-refractivity contribution < 1.29 is 5.11 Å². The standard InChI is InChI=1S/C7H19N3O/c1-5-10(4)7(2,11)6-9-8-3/h8-9,11H,5-6H2,1-4H3. The van der Waals surface area contributed by atoms with Crippen molar-refractivity contribution >= 4 is 0 Å². The molecule has 0 amide bonds. The van der Waals surface area contributed by atoms with Crippen molar-refractivity contribution in [3.63, 3.8) is 0 Å². The van der Waals surface area contributed by atoms with Crippen LogP contribution >= 0.6 is 0 Å². The van der Waals surface area contributed by atoms with E-state index in [1.807, 2.05) is 18.9 Å². The molecule has 0 radical (unpaired) electrons. The van der Waals surface area contributed by atoms with Crippen LogP contribution in [0.15, 0.2) is 0 Å². The Morgan fingerprint density at radius 1 is 1.55 bits per heavy atom. The lowest BCUT2D eigenvalue weighted by Crippen LogP contribution is -2.53. The molecule has 0 aliphatic rings. The van der Waals surface area contributed by atoms with Gasteiger partial charge in [-0.05, 0) is 27.6 Å². The summed E-state index contributed by atoms with van der Waals surface area (Å²) in [5, 5.41) is 9.74. The van der Waals surface area contributed by atoms with Gasteiger partial charge in [0.05, 0.1) is 6.54 Å². The predicted octanol–water partition coefficient (Wildman–Crippen LogP) is -0.629. The highest BCUT2D eigenvalue weighted by Gasteiger charge is 2.23. The third kappa shape index (κ3) is 3.67. The lowest BCUT2D eigenvalue weighted by molar-refractivity contribution is -0.0761. The summed E-state index contributed by atoms with van der Waals surface area (Å²) in [5.41, 5.74) is 4.85. The van der Waals surface area contributed by atoms with Crippen LogP contribution in [0.2, 0.25) is 0 Å². The number of aliphatic hydroxyl groups is 1. The highest BCUT2D eigenvalue weighted by molar-refractivity contribution is 4.72. The minimum Gasteiger partial charge on any atom is -0.375 e. The normalized spacial score (nSPS) is 16.9. The van der Waals surface area contributed by atoms with E-state index < -0.39 is 5.72 Å². The van der Waals surface area contributed by atoms with Crippen molar-refractivity contribution in [2.24, 2.45) is 0 Å². The van der Waals surface area contributed by atoms with E-state index in [0.717, 1.165) is 6.54 Å². The van der Waals surface area contributed by atoms with Gasteiger partial charge < -0.3 is 5.11 Å². The molecular weight excluding hydrogens is 142 g/mol. The molecule has 11 heavy (non-hydrogen) atoms. The molecular formula is C7H19N3O. The Bertz CT molecular complexity index is 106. The molecule has 68 valence electrons. The van der Waals surface area contributed by atoms with Crippen LogP contribution in [0.1, 0.15) is 13.8 Å². The van der Waals surface area contributed by atoms with Gasteiger partial charge in [-0.25, -0.2) is 0 Å². The first kappa shape index (κ1) is 10.8. The molecule has 1 atom stereocenters. The van der Waals surface area contributed by atoms with Crippen LogP contribution in [0, 0.1) is 0 Å². The summed E-state index contributed by atoms with van der Waals surface area (Å²) in [6.45, 7) is 5.13. The van der Waals surface area contributed by atoms with Gasteiger partial charge in [-0.15, -0.1) is 0 Å². The molecule has 4 heteroatoms. The number of likely N-dealkylation sites (N-methyl/N-ethyl adjacent to an activating group) is 1. The van der Waals surface area contributed by atoms with Gasteiger partial charge in [0.25, 0.3) is 0 Å². The van der Waals surface area contributed by atoms with Gasteiger partial charge in [-0.1, -0.05) is 6.92 Å². The summed E-state index contributed by atoms with van der Waals surface area (Å²) >= 11 is 0. The molecule has 1 unspecified atom stereocenters. The average Bonchev–Trinajstić information content (AvgIpc) is 1.99. The molecule has 0 aromatic heterocycles. The molecule has 0 aliphatic heterocycles. The Morgan fingerprint density at radius 2 is 2.09 bits per heavy atom. The molecule has 4 nitrogen and oxygen atoms in total. The quantitative estimate of drug-likeness (QED) is 0.371. The first-order valence-corrected chi connectivity index (χ1v) is 3.87. The highest BCUT2D eigenvalue weighted by Crippen LogP contribution is 2.05. The Morgan fingerprint density at radius 3 is 2.45 bits per heavy atom. The second-order valence-electron chi connectivity index (χ2n) is 2.83. The zero-order valence-electron chi connectivity index (χ0n) is 7.81. The minimum atomic E-state index is -0.780. The molecule has 0 heterocycles. The van der Waals surface area contributed by atoms with Crippen LogP contribution in [0.4, 0.5) is 0 Å². The Labute approximate surface area is 68.6 Å². The molecule has 0 aliphatic carbocycles. The third-order valence-electron chi connectivity index (χ3n) is 1.90. The summed E-state index contributed by atoms with van der Waals surface area (Å²) in [5.74, 6) is 0. The number of nitrogens with one attached hydrogen (secondary N) is 2. The first-order chi connectivity index (χ1) is 5.04. The van der Waals surface area contributed by atoms with Crippen LogP contribution < -0.4 is 10.9 Å². The van der Waals surface area contributed by atoms with Crippen molar-refractivity contribution in [1.29, 1.82) is 0 Å². The molecule has 0 saturated carbocycles. The Balaban J connectivity index is 3.77. The Kier molecular flexibility index (Phi) is 4.60. The maximum Gasteiger partial charge on any atom is 0.129 e. The van der Waals surface area contributed by atoms with Crippen LogP contribution in [0.5, 0.6) is 0 Å². The number of rotatable bonds is 5. The van der Waals surface area contributed by atoms with E-state index >= 15 is 0 Å². The number of hydrogen-bond acceptors (Lipinski definition) is 4. The van der Waals surface area contributed by atoms with Crippen LogP contribution in [-0.4, -0.2) is 42.9 Å². The molecule has 0 saturated heterocycles. The van der Waals surface area contributed by atoms with Gasteiger partial charge in [0.15, 0.2) is 0 Å². The van der Waals surface area contributed by atoms with Crippen molar-refractivity contribution in [3.05, 3.63) is 0 Å². The van der Waals surface area contributed by atoms with Crippen LogP contribution in [0.3, 0.4) is 0 Å². The maximum atomic E-state index is 9.74. The number of hydrogen-bond donors (Lipinski definition) is 3. The van der Waals surface area contributed by atoms with Gasteiger partial charge in [0.1, 0.15) is 5.72 Å². The van der Waals surface area contributed by atoms with E-state index in [2.05, 4.69) is 10.9 Å². The van der Waals surface area contributed by atoms with E-state index in [1.165, 1.54) is 0 Å². The number of nitrogens with zero attached hydrogens (tertiary/aromatic N) is 1. The molecule has 0 spiro atoms. The largest absolute Gasteiger partial charge is 0.375 e. The van der Waals surface area contributed by atoms with E-state index in [9.17, 15) is 5.11 Å². The third-order valence-corrected chi connectivity index (χ3v) is 1.90. The highest BCUT2D eigenvalue weighted by atomic mass is 16.3. The van der Waals surface area contributed by atoms with Gasteiger partial charge in [0.2, 0.25) is 0 Å². The fourth-order valence-corrected chi connectivity index (χ4v) is 0.731. The topological polar surface area (TPSA) is 47.5 Å². The maximum absolute atomic E-state index is 9.74. The number of hydrazine groups is 1. The summed E-state index contributed by atoms with van der Waals surface area (Å²) in [6.07, 6.45) is 0. The van der Waals surface area contributed by atoms with Gasteiger partial charge in [0, 0.05) is 0 Å². The zero-order chi connectivity index (χ0) is 8.91. The van der Waals surface area contributed by atoms with Gasteiger partial charge >= 0.3 is 0 Å². The predicted molar refractivity (Wildman–Crippen MR) is 46.0 cm³/mol. The van der Waals surface area contributed by atoms with E-state index in [-0.39, 0.29) is 0 Å². The van der Waals surface area contributed by atoms with Gasteiger partial charge in [-0.2, -0.15) is 0 Å². The van der Waals surface area contributed by atoms with E-state index in [0.29, 0.717) is 6.54 Å². The summed E-state index contributed by atoms with van der Waals surface area (Å²) in [6, 6.07) is 0. The first-order valence-electron chi connectivity index (χ1n) is 3.87. The summed E-state index contributed by atoms with van der Waals surface area (Å²) in [7, 11) is 3.67. The van der Waals surface area contributed by atoms with Crippen molar-refractivity contribution in [1.82, 2.24) is 15.8 Å². The molecule has 0 aromatic rings. The van der Waals surface area contributed by atoms with Crippen molar-refractivity contribution in [2.75, 3.05) is 27.2 Å². The summed E-state index contributed by atoms with van der Waals surface area (Å²) < 4.78 is 0. The average molecular weight is 161 g/mol. The van der Waals surface area contributed by atoms with Crippen LogP contribution in [-0.2, 0) is 0 Å². The molecule has 3 N–H and O–H groups in total. The smallest absolute Gasteiger partial charge is 0.129 e. The van der Waals surface area contributed by atoms with Crippen molar-refractivity contribution in [2.45, 2.75) is 19.6 Å². The lowest BCUT2D eigenvalue weighted by atomic mass is 10.2. The SMILES string of the molecule is CCN(C)C(C)(O)CNNC. The van der Waals surface area contributed by atoms with Crippen molar-refractivity contribution in [3.8, 4) is 0 Å². The second kappa shape index (κ2) is 4.66. The molecule has 0 aromatic carbocycles. The molecule has 0 fully saturated rings. The summed E-state index contributed by atoms with van der Waals surface area (Å²) in [4.78, 5) is 1.87. The van der Waals surface area contributed by atoms with E-state index in [1.54, 1.807) is 14.0 Å². The second-order valence-corrected chi connectivity index (χ2v) is 2.83. The zero-order valence-corrected chi connectivity index (χ0v) is 7.81. The van der Waals surface area contributed by atoms with Crippen LogP contribution in [0.25, 0.3) is 0 Å². The minimum absolute atomic E-state index is 0.508. The molecule has 0 rings (SSSR count). The monoisotopic (exact) mass is 161 g/mol. The molecule has 0 bridgehead atoms. The van der Waals surface area contributed by atoms with Gasteiger partial charge in [-0.3, -0.25) is 15.8 Å². The van der Waals surface area contributed by atoms with E-state index in [4.69, 9.17) is 0 Å². The fourth-order valence-electron chi connectivity index (χ4n) is 0.731. The Hall–Kier alpha value is -0.160. The fraction of sp³-hybridized carbons (Fsp3) is 1.00. The lowest BCUT2D eigenvalue weighted by Gasteiger charge is -2.33.